The van der Waals surface area contributed by atoms with E-state index >= 15 is 0 Å². The maximum Gasteiger partial charge on any atom is 0.238 e. The summed E-state index contributed by atoms with van der Waals surface area (Å²) in [6.45, 7) is 1.60. The van der Waals surface area contributed by atoms with Gasteiger partial charge in [0.2, 0.25) is 5.91 Å². The minimum Gasteiger partial charge on any atom is -0.467 e. The quantitative estimate of drug-likeness (QED) is 0.637. The van der Waals surface area contributed by atoms with E-state index in [-0.39, 0.29) is 24.3 Å². The molecule has 2 aromatic carbocycles. The third-order valence-electron chi connectivity index (χ3n) is 3.98. The Bertz CT molecular complexity index is 873. The summed E-state index contributed by atoms with van der Waals surface area (Å²) in [6.07, 6.45) is 1.61. The Morgan fingerprint density at radius 3 is 2.50 bits per heavy atom. The topological polar surface area (TPSA) is 71.3 Å². The lowest BCUT2D eigenvalue weighted by Gasteiger charge is -2.17. The van der Waals surface area contributed by atoms with Crippen LogP contribution >= 0.6 is 0 Å². The van der Waals surface area contributed by atoms with Gasteiger partial charge in [-0.05, 0) is 36.8 Å². The van der Waals surface area contributed by atoms with Gasteiger partial charge in [0.15, 0.2) is 5.78 Å². The lowest BCUT2D eigenvalue weighted by atomic mass is 10.0. The number of carbonyl (C=O) groups excluding carboxylic acids is 2. The molecule has 0 saturated carbocycles. The number of hydrogen-bond acceptors (Lipinski definition) is 4. The lowest BCUT2D eigenvalue weighted by molar-refractivity contribution is -0.115. The van der Waals surface area contributed by atoms with E-state index in [1.165, 1.54) is 6.92 Å². The smallest absolute Gasteiger partial charge is 0.238 e. The summed E-state index contributed by atoms with van der Waals surface area (Å²) in [4.78, 5) is 23.8. The normalized spacial score (nSPS) is 11.7. The highest BCUT2D eigenvalue weighted by Crippen LogP contribution is 2.22. The van der Waals surface area contributed by atoms with Crippen molar-refractivity contribution < 1.29 is 14.0 Å². The molecular formula is C21H20N2O3. The van der Waals surface area contributed by atoms with Crippen LogP contribution in [0, 0.1) is 0 Å². The van der Waals surface area contributed by atoms with Gasteiger partial charge in [-0.15, -0.1) is 0 Å². The molecule has 5 nitrogen and oxygen atoms in total. The largest absolute Gasteiger partial charge is 0.467 e. The Labute approximate surface area is 152 Å². The fourth-order valence-corrected chi connectivity index (χ4v) is 2.70. The van der Waals surface area contributed by atoms with Crippen molar-refractivity contribution in [2.24, 2.45) is 0 Å². The van der Waals surface area contributed by atoms with Gasteiger partial charge in [0.1, 0.15) is 5.76 Å². The highest BCUT2D eigenvalue weighted by atomic mass is 16.3. The number of amides is 1. The van der Waals surface area contributed by atoms with Crippen molar-refractivity contribution in [3.05, 3.63) is 89.9 Å². The van der Waals surface area contributed by atoms with E-state index < -0.39 is 0 Å². The third-order valence-corrected chi connectivity index (χ3v) is 3.98. The van der Waals surface area contributed by atoms with Gasteiger partial charge < -0.3 is 9.73 Å². The first kappa shape index (κ1) is 17.6. The molecule has 0 unspecified atom stereocenters. The minimum atomic E-state index is -0.222. The van der Waals surface area contributed by atoms with Crippen LogP contribution in [0.5, 0.6) is 0 Å². The highest BCUT2D eigenvalue weighted by Gasteiger charge is 2.17. The van der Waals surface area contributed by atoms with E-state index in [4.69, 9.17) is 4.42 Å². The number of hydrogen-bond donors (Lipinski definition) is 2. The maximum absolute atomic E-state index is 12.3. The molecule has 1 heterocycles. The van der Waals surface area contributed by atoms with Crippen LogP contribution in [0.3, 0.4) is 0 Å². The fraction of sp³-hybridized carbons (Fsp3) is 0.143. The van der Waals surface area contributed by atoms with Crippen LogP contribution in [-0.4, -0.2) is 18.2 Å². The van der Waals surface area contributed by atoms with Gasteiger partial charge in [-0.1, -0.05) is 42.5 Å². The number of nitrogens with one attached hydrogen (secondary N) is 2. The van der Waals surface area contributed by atoms with Crippen LogP contribution in [0.25, 0.3) is 0 Å². The van der Waals surface area contributed by atoms with Gasteiger partial charge in [0.25, 0.3) is 0 Å². The molecule has 0 aliphatic carbocycles. The Hall–Kier alpha value is -3.18. The van der Waals surface area contributed by atoms with Crippen molar-refractivity contribution in [2.75, 3.05) is 11.9 Å². The Balaban J connectivity index is 1.67. The molecule has 0 bridgehead atoms. The molecule has 132 valence electrons. The first-order valence-corrected chi connectivity index (χ1v) is 8.36. The van der Waals surface area contributed by atoms with Crippen LogP contribution in [0.2, 0.25) is 0 Å². The van der Waals surface area contributed by atoms with E-state index in [1.807, 2.05) is 42.5 Å². The minimum absolute atomic E-state index is 0.0406. The second-order valence-corrected chi connectivity index (χ2v) is 5.93. The molecule has 2 N–H and O–H groups in total. The van der Waals surface area contributed by atoms with E-state index in [0.29, 0.717) is 11.3 Å². The number of carbonyl (C=O) groups is 2. The zero-order valence-electron chi connectivity index (χ0n) is 14.4. The van der Waals surface area contributed by atoms with E-state index in [2.05, 4.69) is 10.6 Å². The molecule has 5 heteroatoms. The monoisotopic (exact) mass is 348 g/mol. The molecule has 3 rings (SSSR count). The summed E-state index contributed by atoms with van der Waals surface area (Å²) >= 11 is 0. The van der Waals surface area contributed by atoms with Gasteiger partial charge >= 0.3 is 0 Å². The highest BCUT2D eigenvalue weighted by molar-refractivity contribution is 5.97. The summed E-state index contributed by atoms with van der Waals surface area (Å²) < 4.78 is 5.51. The van der Waals surface area contributed by atoms with Crippen LogP contribution in [-0.2, 0) is 4.79 Å². The van der Waals surface area contributed by atoms with E-state index in [0.717, 1.165) is 11.3 Å². The average molecular weight is 348 g/mol. The average Bonchev–Trinajstić information content (AvgIpc) is 3.17. The van der Waals surface area contributed by atoms with E-state index in [9.17, 15) is 9.59 Å². The molecule has 0 fully saturated rings. The number of furan rings is 1. The van der Waals surface area contributed by atoms with Crippen LogP contribution < -0.4 is 10.6 Å². The van der Waals surface area contributed by atoms with Crippen molar-refractivity contribution >= 4 is 17.4 Å². The zero-order valence-corrected chi connectivity index (χ0v) is 14.4. The molecule has 0 spiro atoms. The van der Waals surface area contributed by atoms with Gasteiger partial charge in [-0.3, -0.25) is 14.9 Å². The van der Waals surface area contributed by atoms with Gasteiger partial charge in [0, 0.05) is 11.3 Å². The van der Waals surface area contributed by atoms with E-state index in [1.54, 1.807) is 30.5 Å². The Kier molecular flexibility index (Phi) is 5.61. The molecule has 1 aromatic heterocycles. The van der Waals surface area contributed by atoms with Crippen LogP contribution in [0.4, 0.5) is 5.69 Å². The Morgan fingerprint density at radius 1 is 1.00 bits per heavy atom. The summed E-state index contributed by atoms with van der Waals surface area (Å²) in [6, 6.07) is 20.2. The predicted molar refractivity (Wildman–Crippen MR) is 100 cm³/mol. The van der Waals surface area contributed by atoms with Gasteiger partial charge in [-0.2, -0.15) is 0 Å². The molecule has 0 saturated heterocycles. The molecule has 0 radical (unpaired) electrons. The molecule has 0 aliphatic rings. The van der Waals surface area contributed by atoms with Crippen molar-refractivity contribution in [1.29, 1.82) is 0 Å². The van der Waals surface area contributed by atoms with Crippen molar-refractivity contribution in [3.8, 4) is 0 Å². The van der Waals surface area contributed by atoms with Crippen molar-refractivity contribution in [3.63, 3.8) is 0 Å². The summed E-state index contributed by atoms with van der Waals surface area (Å²) in [5.41, 5.74) is 2.17. The van der Waals surface area contributed by atoms with Crippen molar-refractivity contribution in [2.45, 2.75) is 13.0 Å². The molecule has 26 heavy (non-hydrogen) atoms. The standard InChI is InChI=1S/C21H20N2O3/c1-15(24)17-9-5-10-18(13-17)23-20(25)14-22-21(19-11-6-12-26-19)16-7-3-2-4-8-16/h2-13,21-22H,14H2,1H3,(H,23,25)/t21-/m1/s1. The lowest BCUT2D eigenvalue weighted by Crippen LogP contribution is -2.31. The second-order valence-electron chi connectivity index (χ2n) is 5.93. The number of rotatable bonds is 7. The summed E-state index contributed by atoms with van der Waals surface area (Å²) in [5, 5.41) is 6.03. The zero-order chi connectivity index (χ0) is 18.4. The maximum atomic E-state index is 12.3. The second kappa shape index (κ2) is 8.27. The predicted octanol–water partition coefficient (Wildman–Crippen LogP) is 3.80. The number of benzene rings is 2. The third kappa shape index (κ3) is 4.46. The summed E-state index contributed by atoms with van der Waals surface area (Å²) in [5.74, 6) is 0.502. The van der Waals surface area contributed by atoms with Gasteiger partial charge in [-0.25, -0.2) is 0 Å². The summed E-state index contributed by atoms with van der Waals surface area (Å²) in [7, 11) is 0. The van der Waals surface area contributed by atoms with Crippen molar-refractivity contribution in [1.82, 2.24) is 5.32 Å². The first-order valence-electron chi connectivity index (χ1n) is 8.36. The molecule has 1 amide bonds. The molecule has 3 aromatic rings. The first-order chi connectivity index (χ1) is 12.6. The number of anilines is 1. The molecule has 1 atom stereocenters. The van der Waals surface area contributed by atoms with Crippen LogP contribution in [0.1, 0.15) is 34.6 Å². The number of Topliss-reactive ketones (excluding diaryl/α,β-unsaturated/α-hetero) is 1. The van der Waals surface area contributed by atoms with Crippen LogP contribution in [0.15, 0.2) is 77.4 Å². The SMILES string of the molecule is CC(=O)c1cccc(NC(=O)CN[C@H](c2ccccc2)c2ccco2)c1. The Morgan fingerprint density at radius 2 is 1.81 bits per heavy atom. The molecule has 0 aliphatic heterocycles. The molecular weight excluding hydrogens is 328 g/mol. The van der Waals surface area contributed by atoms with Gasteiger partial charge in [0.05, 0.1) is 18.8 Å². The number of ketones is 1. The fourth-order valence-electron chi connectivity index (χ4n) is 2.70.